The van der Waals surface area contributed by atoms with E-state index in [0.717, 1.165) is 46.2 Å². The van der Waals surface area contributed by atoms with E-state index >= 15 is 0 Å². The van der Waals surface area contributed by atoms with Gasteiger partial charge in [0.25, 0.3) is 5.91 Å². The molecular formula is C23H24N6O3S2. The smallest absolute Gasteiger partial charge is 0.344 e. The van der Waals surface area contributed by atoms with Crippen molar-refractivity contribution in [2.75, 3.05) is 11.5 Å². The van der Waals surface area contributed by atoms with Gasteiger partial charge in [0.1, 0.15) is 16.2 Å². The lowest BCUT2D eigenvalue weighted by atomic mass is 9.89. The van der Waals surface area contributed by atoms with Gasteiger partial charge in [-0.3, -0.25) is 15.0 Å². The van der Waals surface area contributed by atoms with Gasteiger partial charge >= 0.3 is 6.03 Å². The largest absolute Gasteiger partial charge is 0.383 e. The summed E-state index contributed by atoms with van der Waals surface area (Å²) >= 11 is 2.75. The highest BCUT2D eigenvalue weighted by atomic mass is 32.2. The lowest BCUT2D eigenvalue weighted by molar-refractivity contribution is -0.138. The van der Waals surface area contributed by atoms with Gasteiger partial charge in [-0.2, -0.15) is 5.01 Å². The van der Waals surface area contributed by atoms with Crippen LogP contribution in [0.5, 0.6) is 0 Å². The number of aromatic nitrogens is 2. The van der Waals surface area contributed by atoms with Crippen LogP contribution in [-0.2, 0) is 28.0 Å². The zero-order chi connectivity index (χ0) is 24.0. The molecule has 0 saturated carbocycles. The highest BCUT2D eigenvalue weighted by Crippen LogP contribution is 2.40. The summed E-state index contributed by atoms with van der Waals surface area (Å²) in [7, 11) is 0. The number of thiophene rings is 1. The quantitative estimate of drug-likeness (QED) is 0.281. The second kappa shape index (κ2) is 8.55. The minimum atomic E-state index is -1.25. The van der Waals surface area contributed by atoms with Crippen molar-refractivity contribution in [2.24, 2.45) is 5.92 Å². The number of nitrogens with one attached hydrogen (secondary N) is 2. The highest BCUT2D eigenvalue weighted by Gasteiger charge is 2.49. The van der Waals surface area contributed by atoms with Crippen molar-refractivity contribution >= 4 is 57.0 Å². The van der Waals surface area contributed by atoms with E-state index in [-0.39, 0.29) is 5.75 Å². The van der Waals surface area contributed by atoms with Crippen LogP contribution in [0.15, 0.2) is 35.5 Å². The first-order valence-electron chi connectivity index (χ1n) is 11.0. The van der Waals surface area contributed by atoms with Crippen LogP contribution < -0.4 is 16.5 Å². The molecule has 0 radical (unpaired) electrons. The van der Waals surface area contributed by atoms with Gasteiger partial charge in [-0.15, -0.1) is 11.3 Å². The standard InChI is InChI=1S/C23H24N6O3S2/c1-12-8-9-14-15(10-12)34-19-17(14)18(24)25-21(26-19)33-11-16(30)28-29-20(31)23(2,27-22(29)32)13-6-4-3-5-7-13/h3-7,12H,8-11H2,1-2H3,(H,27,32)(H,28,30)(H2,24,25,26). The van der Waals surface area contributed by atoms with Crippen molar-refractivity contribution in [1.29, 1.82) is 0 Å². The number of hydrazine groups is 1. The summed E-state index contributed by atoms with van der Waals surface area (Å²) in [6, 6.07) is 8.20. The topological polar surface area (TPSA) is 130 Å². The SMILES string of the molecule is CC1CCc2c(sc3nc(SCC(=O)NN4C(=O)NC(C)(c5ccccc5)C4=O)nc(N)c23)C1. The molecule has 4 N–H and O–H groups in total. The Labute approximate surface area is 204 Å². The number of nitrogens with zero attached hydrogens (tertiary/aromatic N) is 3. The Hall–Kier alpha value is -3.18. The van der Waals surface area contributed by atoms with Gasteiger partial charge in [-0.05, 0) is 43.2 Å². The molecule has 1 aromatic carbocycles. The Bertz CT molecular complexity index is 1310. The molecule has 5 rings (SSSR count). The number of hydrogen-bond acceptors (Lipinski definition) is 8. The fraction of sp³-hybridized carbons (Fsp3) is 0.348. The van der Waals surface area contributed by atoms with Gasteiger partial charge in [-0.1, -0.05) is 49.0 Å². The van der Waals surface area contributed by atoms with Gasteiger partial charge in [-0.25, -0.2) is 14.8 Å². The van der Waals surface area contributed by atoms with E-state index in [0.29, 0.717) is 22.5 Å². The van der Waals surface area contributed by atoms with E-state index in [4.69, 9.17) is 5.73 Å². The number of hydrogen-bond donors (Lipinski definition) is 3. The average molecular weight is 497 g/mol. The number of imide groups is 1. The minimum Gasteiger partial charge on any atom is -0.383 e. The normalized spacial score (nSPS) is 22.1. The summed E-state index contributed by atoms with van der Waals surface area (Å²) in [5.74, 6) is -0.0874. The van der Waals surface area contributed by atoms with Crippen molar-refractivity contribution in [3.8, 4) is 0 Å². The van der Waals surface area contributed by atoms with E-state index in [1.165, 1.54) is 10.4 Å². The number of rotatable bonds is 5. The Balaban J connectivity index is 1.27. The fourth-order valence-corrected chi connectivity index (χ4v) is 6.50. The summed E-state index contributed by atoms with van der Waals surface area (Å²) in [6.45, 7) is 3.85. The Morgan fingerprint density at radius 3 is 2.85 bits per heavy atom. The van der Waals surface area contributed by atoms with E-state index in [9.17, 15) is 14.4 Å². The lowest BCUT2D eigenvalue weighted by Crippen LogP contribution is -2.48. The molecule has 0 spiro atoms. The molecule has 1 aliphatic carbocycles. The molecule has 2 aromatic heterocycles. The van der Waals surface area contributed by atoms with Crippen LogP contribution in [0.1, 0.15) is 36.3 Å². The Morgan fingerprint density at radius 2 is 2.09 bits per heavy atom. The molecule has 1 fully saturated rings. The number of fused-ring (bicyclic) bond motifs is 3. The number of amides is 4. The highest BCUT2D eigenvalue weighted by molar-refractivity contribution is 7.99. The van der Waals surface area contributed by atoms with Crippen LogP contribution >= 0.6 is 23.1 Å². The molecule has 0 bridgehead atoms. The van der Waals surface area contributed by atoms with Gasteiger partial charge in [0.2, 0.25) is 5.91 Å². The maximum absolute atomic E-state index is 12.9. The summed E-state index contributed by atoms with van der Waals surface area (Å²) in [5.41, 5.74) is 9.28. The van der Waals surface area contributed by atoms with Crippen LogP contribution in [0, 0.1) is 5.92 Å². The maximum Gasteiger partial charge on any atom is 0.344 e. The van der Waals surface area contributed by atoms with Crippen molar-refractivity contribution in [2.45, 2.75) is 43.8 Å². The fourth-order valence-electron chi connectivity index (χ4n) is 4.41. The second-order valence-corrected chi connectivity index (χ2v) is 10.8. The molecule has 1 saturated heterocycles. The Morgan fingerprint density at radius 1 is 1.32 bits per heavy atom. The molecule has 2 aliphatic rings. The summed E-state index contributed by atoms with van der Waals surface area (Å²) < 4.78 is 0. The van der Waals surface area contributed by atoms with Crippen LogP contribution in [0.2, 0.25) is 0 Å². The lowest BCUT2D eigenvalue weighted by Gasteiger charge is -2.22. The average Bonchev–Trinajstić information content (AvgIpc) is 3.28. The molecule has 11 heteroatoms. The minimum absolute atomic E-state index is 0.0772. The van der Waals surface area contributed by atoms with Crippen LogP contribution in [-0.4, -0.2) is 38.6 Å². The van der Waals surface area contributed by atoms with Crippen molar-refractivity contribution in [1.82, 2.24) is 25.7 Å². The number of thioether (sulfide) groups is 1. The third kappa shape index (κ3) is 3.88. The van der Waals surface area contributed by atoms with Crippen molar-refractivity contribution in [3.05, 3.63) is 46.3 Å². The monoisotopic (exact) mass is 496 g/mol. The van der Waals surface area contributed by atoms with Gasteiger partial charge in [0.15, 0.2) is 5.16 Å². The number of carbonyl (C=O) groups is 3. The summed E-state index contributed by atoms with van der Waals surface area (Å²) in [4.78, 5) is 49.1. The van der Waals surface area contributed by atoms with E-state index < -0.39 is 23.4 Å². The number of carbonyl (C=O) groups excluding carboxylic acids is 3. The summed E-state index contributed by atoms with van der Waals surface area (Å²) in [5, 5.41) is 4.70. The van der Waals surface area contributed by atoms with Gasteiger partial charge in [0.05, 0.1) is 11.1 Å². The predicted octanol–water partition coefficient (Wildman–Crippen LogP) is 2.99. The van der Waals surface area contributed by atoms with Crippen molar-refractivity contribution in [3.63, 3.8) is 0 Å². The molecule has 4 amide bonds. The number of benzene rings is 1. The molecule has 1 aliphatic heterocycles. The van der Waals surface area contributed by atoms with E-state index in [1.807, 2.05) is 6.07 Å². The van der Waals surface area contributed by atoms with E-state index in [1.54, 1.807) is 42.5 Å². The number of anilines is 1. The first-order valence-corrected chi connectivity index (χ1v) is 12.8. The maximum atomic E-state index is 12.9. The molecule has 3 heterocycles. The van der Waals surface area contributed by atoms with Gasteiger partial charge in [0, 0.05) is 4.88 Å². The molecular weight excluding hydrogens is 472 g/mol. The molecule has 176 valence electrons. The third-order valence-electron chi connectivity index (χ3n) is 6.27. The zero-order valence-electron chi connectivity index (χ0n) is 18.8. The number of nitrogen functional groups attached to an aromatic ring is 1. The molecule has 2 atom stereocenters. The second-order valence-electron chi connectivity index (χ2n) is 8.81. The summed E-state index contributed by atoms with van der Waals surface area (Å²) in [6.07, 6.45) is 3.13. The van der Waals surface area contributed by atoms with Crippen LogP contribution in [0.4, 0.5) is 10.6 Å². The van der Waals surface area contributed by atoms with Crippen molar-refractivity contribution < 1.29 is 14.4 Å². The zero-order valence-corrected chi connectivity index (χ0v) is 20.4. The first kappa shape index (κ1) is 22.6. The molecule has 3 aromatic rings. The van der Waals surface area contributed by atoms with Crippen LogP contribution in [0.25, 0.3) is 10.2 Å². The van der Waals surface area contributed by atoms with Gasteiger partial charge < -0.3 is 11.1 Å². The number of nitrogens with two attached hydrogens (primary N) is 1. The Kier molecular flexibility index (Phi) is 5.68. The number of urea groups is 1. The predicted molar refractivity (Wildman–Crippen MR) is 131 cm³/mol. The third-order valence-corrected chi connectivity index (χ3v) is 8.27. The number of aryl methyl sites for hydroxylation is 1. The van der Waals surface area contributed by atoms with Crippen LogP contribution in [0.3, 0.4) is 0 Å². The first-order chi connectivity index (χ1) is 16.3. The van der Waals surface area contributed by atoms with E-state index in [2.05, 4.69) is 27.6 Å². The molecule has 34 heavy (non-hydrogen) atoms. The molecule has 2 unspecified atom stereocenters. The molecule has 9 nitrogen and oxygen atoms in total.